The Bertz CT molecular complexity index is 940. The number of benzene rings is 2. The van der Waals surface area contributed by atoms with E-state index < -0.39 is 0 Å². The number of aryl methyl sites for hydroxylation is 1. The molecule has 0 spiro atoms. The quantitative estimate of drug-likeness (QED) is 0.430. The third kappa shape index (κ3) is 5.36. The highest BCUT2D eigenvalue weighted by atomic mass is 32.1. The average Bonchev–Trinajstić information content (AvgIpc) is 2.67. The van der Waals surface area contributed by atoms with Crippen LogP contribution in [0.3, 0.4) is 0 Å². The third-order valence-electron chi connectivity index (χ3n) is 3.71. The van der Waals surface area contributed by atoms with Gasteiger partial charge in [0, 0.05) is 29.5 Å². The van der Waals surface area contributed by atoms with Crippen molar-refractivity contribution in [3.8, 4) is 11.3 Å². The number of rotatable bonds is 6. The van der Waals surface area contributed by atoms with Crippen LogP contribution >= 0.6 is 12.2 Å². The Labute approximate surface area is 164 Å². The van der Waals surface area contributed by atoms with Gasteiger partial charge in [0.2, 0.25) is 0 Å². The van der Waals surface area contributed by atoms with Crippen molar-refractivity contribution in [1.29, 1.82) is 0 Å². The van der Waals surface area contributed by atoms with Gasteiger partial charge >= 0.3 is 0 Å². The second-order valence-electron chi connectivity index (χ2n) is 5.88. The average molecular weight is 376 g/mol. The Morgan fingerprint density at radius 2 is 1.81 bits per heavy atom. The summed E-state index contributed by atoms with van der Waals surface area (Å²) in [7, 11) is 0. The fraction of sp³-hybridized carbons (Fsp3) is 0.0952. The summed E-state index contributed by atoms with van der Waals surface area (Å²) in [6, 6.07) is 19.9. The predicted octanol–water partition coefficient (Wildman–Crippen LogP) is 4.67. The Hall–Kier alpha value is -3.25. The number of hydrogen-bond donors (Lipinski definition) is 3. The van der Waals surface area contributed by atoms with E-state index in [-0.39, 0.29) is 0 Å². The van der Waals surface area contributed by atoms with Gasteiger partial charge in [-0.05, 0) is 37.3 Å². The number of nitrogens with one attached hydrogen (secondary N) is 3. The highest BCUT2D eigenvalue weighted by Crippen LogP contribution is 2.23. The van der Waals surface area contributed by atoms with Crippen molar-refractivity contribution >= 4 is 34.5 Å². The van der Waals surface area contributed by atoms with Gasteiger partial charge < -0.3 is 16.0 Å². The molecule has 2 aromatic carbocycles. The smallest absolute Gasteiger partial charge is 0.171 e. The van der Waals surface area contributed by atoms with Crippen LogP contribution in [-0.2, 0) is 0 Å². The predicted molar refractivity (Wildman–Crippen MR) is 116 cm³/mol. The van der Waals surface area contributed by atoms with Crippen LogP contribution in [0.5, 0.6) is 0 Å². The maximum atomic E-state index is 5.25. The molecule has 136 valence electrons. The zero-order chi connectivity index (χ0) is 19.1. The molecule has 0 saturated carbocycles. The van der Waals surface area contributed by atoms with Gasteiger partial charge in [-0.2, -0.15) is 0 Å². The number of hydrogen-bond acceptors (Lipinski definition) is 4. The van der Waals surface area contributed by atoms with Crippen molar-refractivity contribution in [3.05, 3.63) is 79.1 Å². The molecule has 3 rings (SSSR count). The van der Waals surface area contributed by atoms with Gasteiger partial charge in [-0.25, -0.2) is 9.97 Å². The number of nitrogens with zero attached hydrogens (tertiary/aromatic N) is 2. The lowest BCUT2D eigenvalue weighted by Gasteiger charge is -2.12. The molecule has 0 aliphatic rings. The van der Waals surface area contributed by atoms with E-state index in [4.69, 9.17) is 12.2 Å². The van der Waals surface area contributed by atoms with Crippen molar-refractivity contribution in [2.75, 3.05) is 17.2 Å². The van der Waals surface area contributed by atoms with E-state index in [0.29, 0.717) is 17.5 Å². The molecule has 0 saturated heterocycles. The lowest BCUT2D eigenvalue weighted by atomic mass is 10.1. The molecule has 0 aliphatic carbocycles. The van der Waals surface area contributed by atoms with Crippen molar-refractivity contribution < 1.29 is 0 Å². The normalized spacial score (nSPS) is 10.1. The maximum absolute atomic E-state index is 5.25. The van der Waals surface area contributed by atoms with Gasteiger partial charge in [0.15, 0.2) is 5.11 Å². The van der Waals surface area contributed by atoms with E-state index >= 15 is 0 Å². The summed E-state index contributed by atoms with van der Waals surface area (Å²) in [5, 5.41) is 10.1. The first-order chi connectivity index (χ1) is 13.1. The topological polar surface area (TPSA) is 61.9 Å². The summed E-state index contributed by atoms with van der Waals surface area (Å²) >= 11 is 5.25. The van der Waals surface area contributed by atoms with E-state index in [1.165, 1.54) is 0 Å². The highest BCUT2D eigenvalue weighted by molar-refractivity contribution is 7.80. The molecule has 1 aromatic heterocycles. The van der Waals surface area contributed by atoms with E-state index in [2.05, 4.69) is 32.5 Å². The summed E-state index contributed by atoms with van der Waals surface area (Å²) in [4.78, 5) is 9.03. The van der Waals surface area contributed by atoms with Gasteiger partial charge in [0.25, 0.3) is 0 Å². The lowest BCUT2D eigenvalue weighted by Crippen LogP contribution is -2.28. The van der Waals surface area contributed by atoms with E-state index in [9.17, 15) is 0 Å². The standard InChI is InChI=1S/C21H21N5S/c1-3-12-22-21(27)26-18-11-7-10-17(13-18)25-20-14-19(23-15(2)24-20)16-8-5-4-6-9-16/h3-11,13-14H,1,12H2,2H3,(H2,22,26,27)(H,23,24,25). The molecule has 0 atom stereocenters. The Morgan fingerprint density at radius 1 is 1.04 bits per heavy atom. The first kappa shape index (κ1) is 18.5. The van der Waals surface area contributed by atoms with Crippen LogP contribution in [0.1, 0.15) is 5.82 Å². The van der Waals surface area contributed by atoms with E-state index in [0.717, 1.165) is 28.5 Å². The molecule has 0 fully saturated rings. The number of anilines is 3. The monoisotopic (exact) mass is 375 g/mol. The summed E-state index contributed by atoms with van der Waals surface area (Å²) in [6.45, 7) is 6.17. The molecule has 3 aromatic rings. The minimum absolute atomic E-state index is 0.552. The van der Waals surface area contributed by atoms with Crippen molar-refractivity contribution in [2.45, 2.75) is 6.92 Å². The van der Waals surface area contributed by atoms with Gasteiger partial charge in [0.05, 0.1) is 5.69 Å². The zero-order valence-electron chi connectivity index (χ0n) is 15.1. The Morgan fingerprint density at radius 3 is 2.59 bits per heavy atom. The molecule has 6 heteroatoms. The molecule has 0 amide bonds. The summed E-state index contributed by atoms with van der Waals surface area (Å²) in [5.74, 6) is 1.45. The minimum atomic E-state index is 0.552. The van der Waals surface area contributed by atoms with E-state index in [1.54, 1.807) is 6.08 Å². The number of thiocarbonyl (C=S) groups is 1. The van der Waals surface area contributed by atoms with Crippen LogP contribution in [0.25, 0.3) is 11.3 Å². The van der Waals surface area contributed by atoms with Crippen LogP contribution in [0, 0.1) is 6.92 Å². The highest BCUT2D eigenvalue weighted by Gasteiger charge is 2.05. The van der Waals surface area contributed by atoms with Gasteiger partial charge in [-0.15, -0.1) is 6.58 Å². The Balaban J connectivity index is 1.77. The van der Waals surface area contributed by atoms with Gasteiger partial charge in [0.1, 0.15) is 11.6 Å². The minimum Gasteiger partial charge on any atom is -0.359 e. The fourth-order valence-corrected chi connectivity index (χ4v) is 2.75. The summed E-state index contributed by atoms with van der Waals surface area (Å²) in [5.41, 5.74) is 3.73. The first-order valence-electron chi connectivity index (χ1n) is 8.58. The van der Waals surface area contributed by atoms with Crippen molar-refractivity contribution in [1.82, 2.24) is 15.3 Å². The summed E-state index contributed by atoms with van der Waals surface area (Å²) < 4.78 is 0. The first-order valence-corrected chi connectivity index (χ1v) is 8.99. The molecule has 5 nitrogen and oxygen atoms in total. The molecular weight excluding hydrogens is 354 g/mol. The number of aromatic nitrogens is 2. The van der Waals surface area contributed by atoms with Crippen LogP contribution < -0.4 is 16.0 Å². The van der Waals surface area contributed by atoms with Crippen molar-refractivity contribution in [3.63, 3.8) is 0 Å². The second-order valence-corrected chi connectivity index (χ2v) is 6.29. The van der Waals surface area contributed by atoms with Gasteiger partial charge in [-0.1, -0.05) is 42.5 Å². The molecular formula is C21H21N5S. The Kier molecular flexibility index (Phi) is 6.12. The van der Waals surface area contributed by atoms with Crippen LogP contribution in [-0.4, -0.2) is 21.6 Å². The SMILES string of the molecule is C=CCNC(=S)Nc1cccc(Nc2cc(-c3ccccc3)nc(C)n2)c1. The maximum Gasteiger partial charge on any atom is 0.171 e. The third-order valence-corrected chi connectivity index (χ3v) is 3.95. The zero-order valence-corrected chi connectivity index (χ0v) is 15.9. The fourth-order valence-electron chi connectivity index (χ4n) is 2.55. The molecule has 27 heavy (non-hydrogen) atoms. The molecule has 1 heterocycles. The largest absolute Gasteiger partial charge is 0.359 e. The van der Waals surface area contributed by atoms with Crippen LogP contribution in [0.2, 0.25) is 0 Å². The molecule has 0 bridgehead atoms. The van der Waals surface area contributed by atoms with E-state index in [1.807, 2.05) is 67.6 Å². The molecule has 0 unspecified atom stereocenters. The van der Waals surface area contributed by atoms with Crippen LogP contribution in [0.15, 0.2) is 73.3 Å². The van der Waals surface area contributed by atoms with Crippen LogP contribution in [0.4, 0.5) is 17.2 Å². The van der Waals surface area contributed by atoms with Gasteiger partial charge in [-0.3, -0.25) is 0 Å². The second kappa shape index (κ2) is 8.91. The summed E-state index contributed by atoms with van der Waals surface area (Å²) in [6.07, 6.45) is 1.76. The van der Waals surface area contributed by atoms with Crippen molar-refractivity contribution in [2.24, 2.45) is 0 Å². The molecule has 3 N–H and O–H groups in total. The molecule has 0 radical (unpaired) electrons. The molecule has 0 aliphatic heterocycles. The lowest BCUT2D eigenvalue weighted by molar-refractivity contribution is 1.06.